The number of allylic oxidation sites excluding steroid dienone is 1. The first-order chi connectivity index (χ1) is 11.5. The Morgan fingerprint density at radius 2 is 2.00 bits per heavy atom. The van der Waals surface area contributed by atoms with Gasteiger partial charge in [-0.3, -0.25) is 0 Å². The van der Waals surface area contributed by atoms with Crippen LogP contribution in [0, 0.1) is 16.7 Å². The summed E-state index contributed by atoms with van der Waals surface area (Å²) < 4.78 is 5.43. The summed E-state index contributed by atoms with van der Waals surface area (Å²) in [4.78, 5) is 0. The summed E-state index contributed by atoms with van der Waals surface area (Å²) in [5.74, 6) is 2.32. The van der Waals surface area contributed by atoms with Gasteiger partial charge in [-0.1, -0.05) is 19.1 Å². The number of rotatable bonds is 1. The number of aliphatic hydroxyl groups is 1. The van der Waals surface area contributed by atoms with Gasteiger partial charge in [-0.25, -0.2) is 0 Å². The molecule has 128 valence electrons. The van der Waals surface area contributed by atoms with E-state index < -0.39 is 5.60 Å². The minimum atomic E-state index is -0.543. The maximum Gasteiger partial charge on any atom is 0.119 e. The largest absolute Gasteiger partial charge is 0.497 e. The van der Waals surface area contributed by atoms with Crippen LogP contribution in [-0.2, 0) is 6.42 Å². The normalized spacial score (nSPS) is 45.2. The Hall–Kier alpha value is -1.28. The Kier molecular flexibility index (Phi) is 2.79. The van der Waals surface area contributed by atoms with E-state index in [1.54, 1.807) is 12.7 Å². The van der Waals surface area contributed by atoms with Gasteiger partial charge in [0.05, 0.1) is 12.7 Å². The molecular weight excluding hydrogens is 296 g/mol. The highest BCUT2D eigenvalue weighted by atomic mass is 16.5. The fraction of sp³-hybridized carbons (Fsp3) is 0.636. The van der Waals surface area contributed by atoms with Crippen LogP contribution in [0.5, 0.6) is 5.75 Å². The minimum absolute atomic E-state index is 0.0508. The van der Waals surface area contributed by atoms with Gasteiger partial charge in [0.1, 0.15) is 5.75 Å². The van der Waals surface area contributed by atoms with E-state index in [2.05, 4.69) is 38.1 Å². The van der Waals surface area contributed by atoms with Crippen LogP contribution in [0.3, 0.4) is 0 Å². The molecule has 0 saturated heterocycles. The van der Waals surface area contributed by atoms with Crippen LogP contribution < -0.4 is 4.74 Å². The first-order valence-electron chi connectivity index (χ1n) is 9.54. The quantitative estimate of drug-likeness (QED) is 0.764. The number of methoxy groups -OCH3 is 1. The first kappa shape index (κ1) is 15.0. The van der Waals surface area contributed by atoms with Gasteiger partial charge in [-0.2, -0.15) is 0 Å². The molecule has 2 nitrogen and oxygen atoms in total. The number of fused-ring (bicyclic) bond motifs is 3. The van der Waals surface area contributed by atoms with E-state index in [1.165, 1.54) is 30.4 Å². The lowest BCUT2D eigenvalue weighted by Gasteiger charge is -2.56. The molecule has 0 unspecified atom stereocenters. The lowest BCUT2D eigenvalue weighted by atomic mass is 9.48. The molecule has 5 rings (SSSR count). The molecule has 4 aliphatic rings. The molecule has 0 radical (unpaired) electrons. The van der Waals surface area contributed by atoms with Crippen molar-refractivity contribution in [2.75, 3.05) is 7.11 Å². The number of aryl methyl sites for hydroxylation is 1. The van der Waals surface area contributed by atoms with Crippen molar-refractivity contribution in [2.24, 2.45) is 16.7 Å². The van der Waals surface area contributed by atoms with Crippen LogP contribution in [0.15, 0.2) is 29.8 Å². The average Bonchev–Trinajstić information content (AvgIpc) is 2.93. The Bertz CT molecular complexity index is 750. The van der Waals surface area contributed by atoms with Crippen LogP contribution in [0.2, 0.25) is 0 Å². The molecule has 0 spiro atoms. The van der Waals surface area contributed by atoms with Gasteiger partial charge in [0.15, 0.2) is 0 Å². The fourth-order valence-electron chi connectivity index (χ4n) is 7.27. The summed E-state index contributed by atoms with van der Waals surface area (Å²) in [6.45, 7) is 4.55. The molecule has 24 heavy (non-hydrogen) atoms. The zero-order chi connectivity index (χ0) is 16.7. The number of ether oxygens (including phenoxy) is 1. The molecule has 2 heteroatoms. The molecule has 0 aliphatic heterocycles. The molecule has 5 atom stereocenters. The third-order valence-corrected chi connectivity index (χ3v) is 8.54. The second-order valence-electron chi connectivity index (χ2n) is 8.92. The smallest absolute Gasteiger partial charge is 0.119 e. The summed E-state index contributed by atoms with van der Waals surface area (Å²) >= 11 is 0. The van der Waals surface area contributed by atoms with Gasteiger partial charge < -0.3 is 9.84 Å². The van der Waals surface area contributed by atoms with E-state index in [0.29, 0.717) is 11.8 Å². The highest BCUT2D eigenvalue weighted by molar-refractivity contribution is 5.46. The fourth-order valence-corrected chi connectivity index (χ4v) is 7.27. The molecule has 0 amide bonds. The summed E-state index contributed by atoms with van der Waals surface area (Å²) in [6.07, 6.45) is 9.39. The molecule has 2 bridgehead atoms. The molecular formula is C22H28O2. The average molecular weight is 324 g/mol. The van der Waals surface area contributed by atoms with E-state index in [4.69, 9.17) is 4.74 Å². The van der Waals surface area contributed by atoms with Gasteiger partial charge in [-0.05, 0) is 86.1 Å². The second kappa shape index (κ2) is 4.46. The predicted octanol–water partition coefficient (Wildman–Crippen LogP) is 4.61. The summed E-state index contributed by atoms with van der Waals surface area (Å²) in [5.41, 5.74) is 4.01. The number of benzene rings is 1. The summed E-state index contributed by atoms with van der Waals surface area (Å²) in [5, 5.41) is 11.4. The van der Waals surface area contributed by atoms with Crippen molar-refractivity contribution < 1.29 is 9.84 Å². The number of hydrogen-bond donors (Lipinski definition) is 1. The highest BCUT2D eigenvalue weighted by Crippen LogP contribution is 2.76. The molecule has 4 aliphatic carbocycles. The van der Waals surface area contributed by atoms with Crippen LogP contribution in [0.4, 0.5) is 0 Å². The first-order valence-corrected chi connectivity index (χ1v) is 9.54. The third kappa shape index (κ3) is 1.44. The Morgan fingerprint density at radius 3 is 2.75 bits per heavy atom. The summed E-state index contributed by atoms with van der Waals surface area (Å²) in [6, 6.07) is 6.70. The van der Waals surface area contributed by atoms with Crippen molar-refractivity contribution in [2.45, 2.75) is 63.9 Å². The van der Waals surface area contributed by atoms with Crippen LogP contribution >= 0.6 is 0 Å². The molecule has 1 N–H and O–H groups in total. The second-order valence-corrected chi connectivity index (χ2v) is 8.92. The highest BCUT2D eigenvalue weighted by Gasteiger charge is 2.72. The minimum Gasteiger partial charge on any atom is -0.497 e. The maximum atomic E-state index is 11.4. The predicted molar refractivity (Wildman–Crippen MR) is 95.3 cm³/mol. The van der Waals surface area contributed by atoms with Crippen LogP contribution in [-0.4, -0.2) is 17.8 Å². The van der Waals surface area contributed by atoms with Crippen molar-refractivity contribution in [1.82, 2.24) is 0 Å². The lowest BCUT2D eigenvalue weighted by Crippen LogP contribution is -2.52. The molecule has 1 aromatic carbocycles. The lowest BCUT2D eigenvalue weighted by molar-refractivity contribution is -0.0909. The van der Waals surface area contributed by atoms with E-state index in [0.717, 1.165) is 25.0 Å². The Labute approximate surface area is 144 Å². The van der Waals surface area contributed by atoms with Crippen molar-refractivity contribution in [3.8, 4) is 5.75 Å². The van der Waals surface area contributed by atoms with E-state index in [-0.39, 0.29) is 10.8 Å². The molecule has 2 saturated carbocycles. The molecule has 1 aromatic rings. The Balaban J connectivity index is 1.62. The van der Waals surface area contributed by atoms with Crippen LogP contribution in [0.25, 0.3) is 0 Å². The van der Waals surface area contributed by atoms with Crippen molar-refractivity contribution in [3.05, 3.63) is 41.0 Å². The standard InChI is InChI=1S/C22H28O2/c1-14-13-21-10-11-22(14,23)20(21,2)9-8-18-17-6-5-16(24-3)12-15(17)4-7-19(18)21/h5-6,12-13,18-19,23H,4,7-11H2,1-3H3/t18-,19-,20+,21+,22-/m1/s1. The zero-order valence-electron chi connectivity index (χ0n) is 15.1. The van der Waals surface area contributed by atoms with E-state index in [1.807, 2.05) is 0 Å². The molecule has 0 heterocycles. The Morgan fingerprint density at radius 1 is 1.17 bits per heavy atom. The molecule has 2 fully saturated rings. The SMILES string of the molecule is COc1ccc2c(c1)CC[C@@H]1[C@@H]2CC[C@]2(C)[C@@]3(O)CC[C@]12C=C3C. The van der Waals surface area contributed by atoms with Gasteiger partial charge >= 0.3 is 0 Å². The third-order valence-electron chi connectivity index (χ3n) is 8.54. The topological polar surface area (TPSA) is 29.5 Å². The maximum absolute atomic E-state index is 11.4. The van der Waals surface area contributed by atoms with Gasteiger partial charge in [0.2, 0.25) is 0 Å². The van der Waals surface area contributed by atoms with E-state index >= 15 is 0 Å². The van der Waals surface area contributed by atoms with Gasteiger partial charge in [0, 0.05) is 10.8 Å². The van der Waals surface area contributed by atoms with Gasteiger partial charge in [-0.15, -0.1) is 0 Å². The van der Waals surface area contributed by atoms with Crippen molar-refractivity contribution in [1.29, 1.82) is 0 Å². The molecule has 0 aromatic heterocycles. The van der Waals surface area contributed by atoms with Crippen LogP contribution in [0.1, 0.15) is 63.0 Å². The zero-order valence-corrected chi connectivity index (χ0v) is 15.1. The summed E-state index contributed by atoms with van der Waals surface area (Å²) in [7, 11) is 1.75. The van der Waals surface area contributed by atoms with E-state index in [9.17, 15) is 5.11 Å². The monoisotopic (exact) mass is 324 g/mol. The van der Waals surface area contributed by atoms with Gasteiger partial charge in [0.25, 0.3) is 0 Å². The van der Waals surface area contributed by atoms with Crippen molar-refractivity contribution in [3.63, 3.8) is 0 Å². The van der Waals surface area contributed by atoms with Crippen molar-refractivity contribution >= 4 is 0 Å². The number of hydrogen-bond acceptors (Lipinski definition) is 2.